The Morgan fingerprint density at radius 2 is 2.05 bits per heavy atom. The summed E-state index contributed by atoms with van der Waals surface area (Å²) in [6.45, 7) is 4.32. The molecular formula is C18H29FN2. The predicted molar refractivity (Wildman–Crippen MR) is 86.6 cm³/mol. The molecule has 2 rings (SSSR count). The van der Waals surface area contributed by atoms with Crippen molar-refractivity contribution >= 4 is 0 Å². The second kappa shape index (κ2) is 7.37. The third-order valence-corrected chi connectivity index (χ3v) is 5.16. The molecule has 2 nitrogen and oxygen atoms in total. The van der Waals surface area contributed by atoms with Crippen molar-refractivity contribution in [2.24, 2.45) is 11.7 Å². The molecule has 118 valence electrons. The summed E-state index contributed by atoms with van der Waals surface area (Å²) in [4.78, 5) is 2.28. The van der Waals surface area contributed by atoms with Gasteiger partial charge in [-0.15, -0.1) is 0 Å². The monoisotopic (exact) mass is 292 g/mol. The first-order valence-corrected chi connectivity index (χ1v) is 8.26. The Bertz CT molecular complexity index is 449. The lowest BCUT2D eigenvalue weighted by Crippen LogP contribution is -2.50. The molecule has 0 radical (unpaired) electrons. The van der Waals surface area contributed by atoms with Crippen molar-refractivity contribution in [3.8, 4) is 0 Å². The van der Waals surface area contributed by atoms with Gasteiger partial charge in [-0.3, -0.25) is 4.90 Å². The predicted octanol–water partition coefficient (Wildman–Crippen LogP) is 4.11. The van der Waals surface area contributed by atoms with Crippen LogP contribution in [0.25, 0.3) is 0 Å². The lowest BCUT2D eigenvalue weighted by Gasteiger charge is -2.42. The first-order chi connectivity index (χ1) is 10.0. The zero-order valence-electron chi connectivity index (χ0n) is 13.6. The van der Waals surface area contributed by atoms with E-state index in [9.17, 15) is 4.39 Å². The van der Waals surface area contributed by atoms with Crippen molar-refractivity contribution in [3.63, 3.8) is 0 Å². The summed E-state index contributed by atoms with van der Waals surface area (Å²) >= 11 is 0. The molecule has 0 amide bonds. The highest BCUT2D eigenvalue weighted by molar-refractivity contribution is 5.21. The second-order valence-electron chi connectivity index (χ2n) is 6.56. The van der Waals surface area contributed by atoms with Crippen molar-refractivity contribution in [1.29, 1.82) is 0 Å². The average Bonchev–Trinajstić information content (AvgIpc) is 2.48. The minimum Gasteiger partial charge on any atom is -0.326 e. The molecule has 1 saturated carbocycles. The molecule has 4 atom stereocenters. The lowest BCUT2D eigenvalue weighted by atomic mass is 9.79. The Kier molecular flexibility index (Phi) is 5.77. The third-order valence-electron chi connectivity index (χ3n) is 5.16. The number of likely N-dealkylation sites (N-methyl/N-ethyl adjacent to an activating group) is 1. The summed E-state index contributed by atoms with van der Waals surface area (Å²) in [5.41, 5.74) is 7.13. The minimum absolute atomic E-state index is 0.0580. The van der Waals surface area contributed by atoms with Gasteiger partial charge >= 0.3 is 0 Å². The maximum Gasteiger partial charge on any atom is 0.127 e. The van der Waals surface area contributed by atoms with Crippen LogP contribution in [0.1, 0.15) is 57.6 Å². The average molecular weight is 292 g/mol. The van der Waals surface area contributed by atoms with Crippen LogP contribution in [-0.4, -0.2) is 24.0 Å². The molecule has 0 bridgehead atoms. The third kappa shape index (κ3) is 3.83. The summed E-state index contributed by atoms with van der Waals surface area (Å²) in [5.74, 6) is 0.654. The van der Waals surface area contributed by atoms with Gasteiger partial charge in [0, 0.05) is 23.7 Å². The molecule has 1 fully saturated rings. The highest BCUT2D eigenvalue weighted by atomic mass is 19.1. The molecule has 1 aromatic carbocycles. The minimum atomic E-state index is -0.119. The zero-order chi connectivity index (χ0) is 15.4. The number of rotatable bonds is 5. The van der Waals surface area contributed by atoms with Crippen LogP contribution in [0.4, 0.5) is 4.39 Å². The van der Waals surface area contributed by atoms with Crippen molar-refractivity contribution in [2.45, 2.75) is 64.1 Å². The van der Waals surface area contributed by atoms with Crippen LogP contribution in [0, 0.1) is 11.7 Å². The van der Waals surface area contributed by atoms with E-state index in [2.05, 4.69) is 25.8 Å². The molecule has 2 N–H and O–H groups in total. The van der Waals surface area contributed by atoms with Crippen LogP contribution in [0.5, 0.6) is 0 Å². The van der Waals surface area contributed by atoms with Crippen molar-refractivity contribution in [3.05, 3.63) is 35.6 Å². The van der Waals surface area contributed by atoms with Crippen LogP contribution in [-0.2, 0) is 0 Å². The Balaban J connectivity index is 2.10. The molecule has 1 aliphatic carbocycles. The SMILES string of the molecule is CCCC1CCC(N)C(N(C)C(C)c2ccccc2F)C1. The van der Waals surface area contributed by atoms with Crippen molar-refractivity contribution in [2.75, 3.05) is 7.05 Å². The number of nitrogens with two attached hydrogens (primary N) is 1. The molecule has 1 aromatic rings. The maximum absolute atomic E-state index is 14.0. The van der Waals surface area contributed by atoms with Crippen LogP contribution < -0.4 is 5.73 Å². The fraction of sp³-hybridized carbons (Fsp3) is 0.667. The molecule has 0 heterocycles. The van der Waals surface area contributed by atoms with Crippen LogP contribution in [0.3, 0.4) is 0 Å². The molecule has 0 saturated heterocycles. The van der Waals surface area contributed by atoms with E-state index in [1.807, 2.05) is 12.1 Å². The van der Waals surface area contributed by atoms with Gasteiger partial charge in [0.1, 0.15) is 5.82 Å². The summed E-state index contributed by atoms with van der Waals surface area (Å²) < 4.78 is 14.0. The molecule has 0 aromatic heterocycles. The zero-order valence-corrected chi connectivity index (χ0v) is 13.6. The number of hydrogen-bond acceptors (Lipinski definition) is 2. The number of hydrogen-bond donors (Lipinski definition) is 1. The Morgan fingerprint density at radius 1 is 1.33 bits per heavy atom. The van der Waals surface area contributed by atoms with Crippen LogP contribution >= 0.6 is 0 Å². The first kappa shape index (κ1) is 16.4. The molecule has 1 aliphatic rings. The first-order valence-electron chi connectivity index (χ1n) is 8.26. The number of benzene rings is 1. The fourth-order valence-corrected chi connectivity index (χ4v) is 3.71. The summed E-state index contributed by atoms with van der Waals surface area (Å²) in [6.07, 6.45) is 5.99. The van der Waals surface area contributed by atoms with Gasteiger partial charge in [-0.1, -0.05) is 38.0 Å². The van der Waals surface area contributed by atoms with E-state index in [1.54, 1.807) is 12.1 Å². The quantitative estimate of drug-likeness (QED) is 0.884. The fourth-order valence-electron chi connectivity index (χ4n) is 3.71. The molecule has 0 aliphatic heterocycles. The normalized spacial score (nSPS) is 27.8. The standard InChI is InChI=1S/C18H29FN2/c1-4-7-14-10-11-17(20)18(12-14)21(3)13(2)15-8-5-6-9-16(15)19/h5-6,8-9,13-14,17-18H,4,7,10-12,20H2,1-3H3. The van der Waals surface area contributed by atoms with Crippen molar-refractivity contribution in [1.82, 2.24) is 4.90 Å². The molecule has 21 heavy (non-hydrogen) atoms. The van der Waals surface area contributed by atoms with Crippen molar-refractivity contribution < 1.29 is 4.39 Å². The summed E-state index contributed by atoms with van der Waals surface area (Å²) in [6, 6.07) is 7.69. The van der Waals surface area contributed by atoms with E-state index in [0.29, 0.717) is 6.04 Å². The van der Waals surface area contributed by atoms with E-state index in [1.165, 1.54) is 19.3 Å². The lowest BCUT2D eigenvalue weighted by molar-refractivity contribution is 0.0993. The van der Waals surface area contributed by atoms with Gasteiger partial charge < -0.3 is 5.73 Å². The highest BCUT2D eigenvalue weighted by Crippen LogP contribution is 2.33. The number of halogens is 1. The Morgan fingerprint density at radius 3 is 2.71 bits per heavy atom. The summed E-state index contributed by atoms with van der Waals surface area (Å²) in [5, 5.41) is 0. The van der Waals surface area contributed by atoms with E-state index < -0.39 is 0 Å². The van der Waals surface area contributed by atoms with Gasteiger partial charge in [0.2, 0.25) is 0 Å². The Labute approximate surface area is 128 Å². The van der Waals surface area contributed by atoms with Crippen LogP contribution in [0.15, 0.2) is 24.3 Å². The van der Waals surface area contributed by atoms with Gasteiger partial charge in [-0.25, -0.2) is 4.39 Å². The van der Waals surface area contributed by atoms with Gasteiger partial charge in [0.15, 0.2) is 0 Å². The molecule has 3 heteroatoms. The second-order valence-corrected chi connectivity index (χ2v) is 6.56. The van der Waals surface area contributed by atoms with E-state index in [0.717, 1.165) is 24.3 Å². The largest absolute Gasteiger partial charge is 0.326 e. The van der Waals surface area contributed by atoms with E-state index in [4.69, 9.17) is 5.73 Å². The maximum atomic E-state index is 14.0. The van der Waals surface area contributed by atoms with Gasteiger partial charge in [-0.2, -0.15) is 0 Å². The number of nitrogens with zero attached hydrogens (tertiary/aromatic N) is 1. The highest BCUT2D eigenvalue weighted by Gasteiger charge is 2.33. The summed E-state index contributed by atoms with van der Waals surface area (Å²) in [7, 11) is 2.09. The van der Waals surface area contributed by atoms with Gasteiger partial charge in [-0.05, 0) is 45.2 Å². The molecule has 4 unspecified atom stereocenters. The Hall–Kier alpha value is -0.930. The van der Waals surface area contributed by atoms with Gasteiger partial charge in [0.25, 0.3) is 0 Å². The molecule has 0 spiro atoms. The van der Waals surface area contributed by atoms with E-state index in [-0.39, 0.29) is 17.9 Å². The van der Waals surface area contributed by atoms with Crippen LogP contribution in [0.2, 0.25) is 0 Å². The topological polar surface area (TPSA) is 29.3 Å². The van der Waals surface area contributed by atoms with E-state index >= 15 is 0 Å². The molecular weight excluding hydrogens is 263 g/mol. The van der Waals surface area contributed by atoms with Gasteiger partial charge in [0.05, 0.1) is 0 Å². The smallest absolute Gasteiger partial charge is 0.127 e.